The number of hydrogen-bond acceptors (Lipinski definition) is 2. The van der Waals surface area contributed by atoms with Gasteiger partial charge in [0.25, 0.3) is 5.91 Å². The Morgan fingerprint density at radius 1 is 1.04 bits per heavy atom. The van der Waals surface area contributed by atoms with E-state index in [1.54, 1.807) is 7.11 Å². The predicted octanol–water partition coefficient (Wildman–Crippen LogP) is 2.81. The summed E-state index contributed by atoms with van der Waals surface area (Å²) < 4.78 is 5.27. The normalized spacial score (nSPS) is 12.0. The molecule has 134 valence electrons. The van der Waals surface area contributed by atoms with Gasteiger partial charge in [0.15, 0.2) is 6.54 Å². The molecule has 0 heterocycles. The Bertz CT molecular complexity index is 921. The van der Waals surface area contributed by atoms with Crippen molar-refractivity contribution in [3.05, 3.63) is 71.8 Å². The smallest absolute Gasteiger partial charge is 0.279 e. The lowest BCUT2D eigenvalue weighted by molar-refractivity contribution is -0.885. The zero-order valence-electron chi connectivity index (χ0n) is 15.5. The summed E-state index contributed by atoms with van der Waals surface area (Å²) in [6.07, 6.45) is 0. The zero-order chi connectivity index (χ0) is 18.5. The maximum atomic E-state index is 12.3. The highest BCUT2D eigenvalue weighted by Crippen LogP contribution is 2.21. The van der Waals surface area contributed by atoms with E-state index in [1.165, 1.54) is 10.9 Å². The van der Waals surface area contributed by atoms with Crippen molar-refractivity contribution in [2.75, 3.05) is 26.0 Å². The number of fused-ring (bicyclic) bond motifs is 1. The molecule has 0 aliphatic carbocycles. The molecule has 1 atom stereocenters. The molecule has 1 amide bonds. The third-order valence-corrected chi connectivity index (χ3v) is 4.50. The van der Waals surface area contributed by atoms with Gasteiger partial charge in [0.05, 0.1) is 14.2 Å². The van der Waals surface area contributed by atoms with Gasteiger partial charge in [-0.2, -0.15) is 0 Å². The van der Waals surface area contributed by atoms with Crippen molar-refractivity contribution in [1.82, 2.24) is 0 Å². The van der Waals surface area contributed by atoms with Crippen molar-refractivity contribution in [3.8, 4) is 5.75 Å². The SMILES string of the molecule is COc1ccc2cc(C[NH+](C)CC(=O)Nc3ccccc3C)ccc2c1. The molecular formula is C22H25N2O2+. The molecule has 0 aliphatic heterocycles. The molecule has 0 spiro atoms. The fraction of sp³-hybridized carbons (Fsp3) is 0.227. The number of quaternary nitrogens is 1. The molecule has 2 N–H and O–H groups in total. The van der Waals surface area contributed by atoms with Gasteiger partial charge < -0.3 is 15.0 Å². The summed E-state index contributed by atoms with van der Waals surface area (Å²) in [6, 6.07) is 20.3. The van der Waals surface area contributed by atoms with Crippen LogP contribution in [0.25, 0.3) is 10.8 Å². The van der Waals surface area contributed by atoms with E-state index in [-0.39, 0.29) is 5.91 Å². The Labute approximate surface area is 154 Å². The van der Waals surface area contributed by atoms with Crippen LogP contribution >= 0.6 is 0 Å². The zero-order valence-corrected chi connectivity index (χ0v) is 15.5. The van der Waals surface area contributed by atoms with Crippen LogP contribution in [0.2, 0.25) is 0 Å². The average Bonchev–Trinajstić information content (AvgIpc) is 2.63. The van der Waals surface area contributed by atoms with Gasteiger partial charge in [-0.25, -0.2) is 0 Å². The molecular weight excluding hydrogens is 324 g/mol. The number of carbonyl (C=O) groups is 1. The number of benzene rings is 3. The number of amides is 1. The highest BCUT2D eigenvalue weighted by molar-refractivity contribution is 5.92. The van der Waals surface area contributed by atoms with E-state index >= 15 is 0 Å². The van der Waals surface area contributed by atoms with Crippen molar-refractivity contribution in [2.24, 2.45) is 0 Å². The molecule has 0 fully saturated rings. The lowest BCUT2D eigenvalue weighted by Gasteiger charge is -2.15. The second-order valence-corrected chi connectivity index (χ2v) is 6.72. The van der Waals surface area contributed by atoms with Crippen molar-refractivity contribution in [3.63, 3.8) is 0 Å². The number of aryl methyl sites for hydroxylation is 1. The van der Waals surface area contributed by atoms with Crippen molar-refractivity contribution >= 4 is 22.4 Å². The van der Waals surface area contributed by atoms with Crippen LogP contribution in [0, 0.1) is 6.92 Å². The minimum atomic E-state index is 0.0299. The summed E-state index contributed by atoms with van der Waals surface area (Å²) in [5, 5.41) is 5.33. The second kappa shape index (κ2) is 8.02. The number of carbonyl (C=O) groups excluding carboxylic acids is 1. The van der Waals surface area contributed by atoms with Crippen LogP contribution < -0.4 is 15.0 Å². The Morgan fingerprint density at radius 2 is 1.77 bits per heavy atom. The molecule has 0 radical (unpaired) electrons. The molecule has 0 saturated heterocycles. The summed E-state index contributed by atoms with van der Waals surface area (Å²) >= 11 is 0. The minimum absolute atomic E-state index is 0.0299. The number of nitrogens with one attached hydrogen (secondary N) is 2. The Morgan fingerprint density at radius 3 is 2.54 bits per heavy atom. The van der Waals surface area contributed by atoms with E-state index in [0.29, 0.717) is 6.54 Å². The highest BCUT2D eigenvalue weighted by Gasteiger charge is 2.12. The molecule has 1 unspecified atom stereocenters. The van der Waals surface area contributed by atoms with E-state index in [9.17, 15) is 4.79 Å². The number of para-hydroxylation sites is 1. The van der Waals surface area contributed by atoms with Crippen LogP contribution in [-0.2, 0) is 11.3 Å². The first-order chi connectivity index (χ1) is 12.5. The van der Waals surface area contributed by atoms with Gasteiger partial charge in [0.1, 0.15) is 12.3 Å². The number of methoxy groups -OCH3 is 1. The standard InChI is InChI=1S/C22H24N2O2/c1-16-6-4-5-7-21(16)23-22(25)15-24(2)14-17-8-9-19-13-20(26-3)11-10-18(19)12-17/h4-13H,14-15H2,1-3H3,(H,23,25)/p+1. The third-order valence-electron chi connectivity index (χ3n) is 4.50. The monoisotopic (exact) mass is 349 g/mol. The van der Waals surface area contributed by atoms with Crippen LogP contribution in [0.3, 0.4) is 0 Å². The molecule has 26 heavy (non-hydrogen) atoms. The molecule has 0 saturated carbocycles. The van der Waals surface area contributed by atoms with Crippen molar-refractivity contribution in [2.45, 2.75) is 13.5 Å². The first-order valence-electron chi connectivity index (χ1n) is 8.78. The molecule has 0 aromatic heterocycles. The molecule has 0 aliphatic rings. The van der Waals surface area contributed by atoms with E-state index in [1.807, 2.05) is 50.4 Å². The molecule has 0 bridgehead atoms. The number of anilines is 1. The van der Waals surface area contributed by atoms with Gasteiger partial charge in [0, 0.05) is 11.3 Å². The maximum absolute atomic E-state index is 12.3. The molecule has 4 heteroatoms. The number of likely N-dealkylation sites (N-methyl/N-ethyl adjacent to an activating group) is 1. The minimum Gasteiger partial charge on any atom is -0.497 e. The van der Waals surface area contributed by atoms with Gasteiger partial charge in [-0.15, -0.1) is 0 Å². The predicted molar refractivity (Wildman–Crippen MR) is 106 cm³/mol. The molecule has 4 nitrogen and oxygen atoms in total. The third kappa shape index (κ3) is 4.41. The highest BCUT2D eigenvalue weighted by atomic mass is 16.5. The number of hydrogen-bond donors (Lipinski definition) is 2. The summed E-state index contributed by atoms with van der Waals surface area (Å²) in [5.41, 5.74) is 3.16. The van der Waals surface area contributed by atoms with Gasteiger partial charge in [0.2, 0.25) is 0 Å². The molecule has 3 rings (SSSR count). The van der Waals surface area contributed by atoms with E-state index in [0.717, 1.165) is 33.8 Å². The molecule has 3 aromatic carbocycles. The van der Waals surface area contributed by atoms with Gasteiger partial charge in [-0.05, 0) is 47.5 Å². The van der Waals surface area contributed by atoms with Gasteiger partial charge in [-0.3, -0.25) is 4.79 Å². The Kier molecular flexibility index (Phi) is 5.54. The lowest BCUT2D eigenvalue weighted by atomic mass is 10.1. The number of rotatable bonds is 6. The fourth-order valence-corrected chi connectivity index (χ4v) is 3.10. The maximum Gasteiger partial charge on any atom is 0.279 e. The van der Waals surface area contributed by atoms with Crippen LogP contribution in [0.15, 0.2) is 60.7 Å². The summed E-state index contributed by atoms with van der Waals surface area (Å²) in [7, 11) is 3.71. The second-order valence-electron chi connectivity index (χ2n) is 6.72. The van der Waals surface area contributed by atoms with Crippen LogP contribution in [-0.4, -0.2) is 26.6 Å². The van der Waals surface area contributed by atoms with Gasteiger partial charge in [-0.1, -0.05) is 36.4 Å². The van der Waals surface area contributed by atoms with Crippen LogP contribution in [0.4, 0.5) is 5.69 Å². The summed E-state index contributed by atoms with van der Waals surface area (Å²) in [4.78, 5) is 13.4. The Hall–Kier alpha value is -2.85. The average molecular weight is 349 g/mol. The van der Waals surface area contributed by atoms with E-state index < -0.39 is 0 Å². The van der Waals surface area contributed by atoms with Crippen LogP contribution in [0.1, 0.15) is 11.1 Å². The molecule has 3 aromatic rings. The largest absolute Gasteiger partial charge is 0.497 e. The summed E-state index contributed by atoms with van der Waals surface area (Å²) in [6.45, 7) is 3.22. The van der Waals surface area contributed by atoms with E-state index in [4.69, 9.17) is 4.74 Å². The first-order valence-corrected chi connectivity index (χ1v) is 8.78. The fourth-order valence-electron chi connectivity index (χ4n) is 3.10. The van der Waals surface area contributed by atoms with Crippen LogP contribution in [0.5, 0.6) is 5.75 Å². The lowest BCUT2D eigenvalue weighted by Crippen LogP contribution is -3.08. The van der Waals surface area contributed by atoms with Crippen molar-refractivity contribution < 1.29 is 14.4 Å². The topological polar surface area (TPSA) is 42.8 Å². The number of ether oxygens (including phenoxy) is 1. The quantitative estimate of drug-likeness (QED) is 0.719. The summed E-state index contributed by atoms with van der Waals surface area (Å²) in [5.74, 6) is 0.892. The van der Waals surface area contributed by atoms with Crippen molar-refractivity contribution in [1.29, 1.82) is 0 Å². The Balaban J connectivity index is 1.62. The van der Waals surface area contributed by atoms with E-state index in [2.05, 4.69) is 29.6 Å². The first kappa shape index (κ1) is 18.0. The van der Waals surface area contributed by atoms with Gasteiger partial charge >= 0.3 is 0 Å².